The maximum Gasteiger partial charge on any atom is 0.122 e. The third-order valence-corrected chi connectivity index (χ3v) is 3.48. The molecule has 1 aromatic carbocycles. The van der Waals surface area contributed by atoms with Crippen molar-refractivity contribution >= 4 is 0 Å². The molecule has 0 fully saturated rings. The van der Waals surface area contributed by atoms with Crippen LogP contribution in [-0.4, -0.2) is 38.7 Å². The first-order chi connectivity index (χ1) is 9.08. The molecule has 0 bridgehead atoms. The van der Waals surface area contributed by atoms with E-state index in [9.17, 15) is 0 Å². The summed E-state index contributed by atoms with van der Waals surface area (Å²) in [6.07, 6.45) is 2.07. The van der Waals surface area contributed by atoms with Gasteiger partial charge in [0.1, 0.15) is 5.75 Å². The van der Waals surface area contributed by atoms with E-state index >= 15 is 0 Å². The van der Waals surface area contributed by atoms with Crippen LogP contribution in [0.5, 0.6) is 5.75 Å². The summed E-state index contributed by atoms with van der Waals surface area (Å²) in [5, 5.41) is 0. The van der Waals surface area contributed by atoms with Gasteiger partial charge in [-0.15, -0.1) is 0 Å². The minimum atomic E-state index is 0.555. The van der Waals surface area contributed by atoms with Crippen molar-refractivity contribution < 1.29 is 4.74 Å². The molecule has 3 heteroatoms. The standard InChI is InChI=1S/C16H28N2O/c1-13(2)14-6-7-16(19-4)15(12-14)8-11-18(3)10-5-9-17/h6-7,12-13H,5,8-11,17H2,1-4H3. The van der Waals surface area contributed by atoms with E-state index in [0.29, 0.717) is 5.92 Å². The Morgan fingerprint density at radius 2 is 2.00 bits per heavy atom. The van der Waals surface area contributed by atoms with Gasteiger partial charge in [-0.2, -0.15) is 0 Å². The van der Waals surface area contributed by atoms with Crippen LogP contribution in [0.4, 0.5) is 0 Å². The highest BCUT2D eigenvalue weighted by molar-refractivity contribution is 5.38. The van der Waals surface area contributed by atoms with Crippen molar-refractivity contribution in [1.82, 2.24) is 4.90 Å². The number of hydrogen-bond acceptors (Lipinski definition) is 3. The normalized spacial score (nSPS) is 11.3. The Balaban J connectivity index is 2.67. The minimum Gasteiger partial charge on any atom is -0.496 e. The van der Waals surface area contributed by atoms with Crippen molar-refractivity contribution in [3.05, 3.63) is 29.3 Å². The predicted molar refractivity (Wildman–Crippen MR) is 82.0 cm³/mol. The Bertz CT molecular complexity index is 377. The fraction of sp³-hybridized carbons (Fsp3) is 0.625. The van der Waals surface area contributed by atoms with Gasteiger partial charge in [0.25, 0.3) is 0 Å². The Morgan fingerprint density at radius 1 is 1.26 bits per heavy atom. The van der Waals surface area contributed by atoms with Crippen LogP contribution in [0.15, 0.2) is 18.2 Å². The van der Waals surface area contributed by atoms with Gasteiger partial charge in [0.05, 0.1) is 7.11 Å². The summed E-state index contributed by atoms with van der Waals surface area (Å²) >= 11 is 0. The minimum absolute atomic E-state index is 0.555. The zero-order chi connectivity index (χ0) is 14.3. The van der Waals surface area contributed by atoms with E-state index in [1.807, 2.05) is 0 Å². The van der Waals surface area contributed by atoms with Gasteiger partial charge in [-0.25, -0.2) is 0 Å². The first kappa shape index (κ1) is 16.0. The lowest BCUT2D eigenvalue weighted by atomic mass is 9.99. The van der Waals surface area contributed by atoms with Gasteiger partial charge in [-0.3, -0.25) is 0 Å². The quantitative estimate of drug-likeness (QED) is 0.784. The maximum absolute atomic E-state index is 5.54. The first-order valence-corrected chi connectivity index (χ1v) is 7.14. The van der Waals surface area contributed by atoms with Gasteiger partial charge in [-0.1, -0.05) is 26.0 Å². The maximum atomic E-state index is 5.54. The number of rotatable bonds is 8. The Hall–Kier alpha value is -1.06. The van der Waals surface area contributed by atoms with Gasteiger partial charge in [-0.05, 0) is 56.1 Å². The Morgan fingerprint density at radius 3 is 2.58 bits per heavy atom. The number of benzene rings is 1. The number of methoxy groups -OCH3 is 1. The van der Waals surface area contributed by atoms with Crippen LogP contribution in [0.3, 0.4) is 0 Å². The molecule has 0 aliphatic heterocycles. The number of nitrogens with zero attached hydrogens (tertiary/aromatic N) is 1. The van der Waals surface area contributed by atoms with Crippen LogP contribution in [-0.2, 0) is 6.42 Å². The molecule has 0 saturated heterocycles. The van der Waals surface area contributed by atoms with Crippen LogP contribution >= 0.6 is 0 Å². The van der Waals surface area contributed by atoms with Gasteiger partial charge in [0, 0.05) is 6.54 Å². The smallest absolute Gasteiger partial charge is 0.122 e. The number of nitrogens with two attached hydrogens (primary N) is 1. The highest BCUT2D eigenvalue weighted by Gasteiger charge is 2.08. The van der Waals surface area contributed by atoms with Crippen LogP contribution in [0.25, 0.3) is 0 Å². The number of ether oxygens (including phenoxy) is 1. The molecule has 0 radical (unpaired) electrons. The fourth-order valence-corrected chi connectivity index (χ4v) is 2.14. The summed E-state index contributed by atoms with van der Waals surface area (Å²) in [5.41, 5.74) is 8.21. The van der Waals surface area contributed by atoms with Crippen molar-refractivity contribution in [1.29, 1.82) is 0 Å². The second kappa shape index (κ2) is 8.18. The summed E-state index contributed by atoms with van der Waals surface area (Å²) in [6, 6.07) is 6.52. The van der Waals surface area contributed by atoms with E-state index in [-0.39, 0.29) is 0 Å². The molecule has 0 atom stereocenters. The highest BCUT2D eigenvalue weighted by Crippen LogP contribution is 2.24. The van der Waals surface area contributed by atoms with Crippen molar-refractivity contribution in [3.63, 3.8) is 0 Å². The van der Waals surface area contributed by atoms with E-state index in [1.54, 1.807) is 7.11 Å². The molecule has 0 saturated carbocycles. The lowest BCUT2D eigenvalue weighted by Crippen LogP contribution is -2.24. The van der Waals surface area contributed by atoms with Crippen LogP contribution in [0.2, 0.25) is 0 Å². The predicted octanol–water partition coefficient (Wildman–Crippen LogP) is 2.64. The largest absolute Gasteiger partial charge is 0.496 e. The molecule has 0 aliphatic rings. The third-order valence-electron chi connectivity index (χ3n) is 3.48. The van der Waals surface area contributed by atoms with Crippen molar-refractivity contribution in [3.8, 4) is 5.75 Å². The van der Waals surface area contributed by atoms with Gasteiger partial charge < -0.3 is 15.4 Å². The van der Waals surface area contributed by atoms with E-state index in [0.717, 1.165) is 38.2 Å². The van der Waals surface area contributed by atoms with E-state index in [1.165, 1.54) is 11.1 Å². The summed E-state index contributed by atoms with van der Waals surface area (Å²) < 4.78 is 5.45. The zero-order valence-electron chi connectivity index (χ0n) is 12.8. The molecule has 2 N–H and O–H groups in total. The summed E-state index contributed by atoms with van der Waals surface area (Å²) in [4.78, 5) is 2.33. The third kappa shape index (κ3) is 5.21. The van der Waals surface area contributed by atoms with Gasteiger partial charge in [0.15, 0.2) is 0 Å². The average molecular weight is 264 g/mol. The second-order valence-corrected chi connectivity index (χ2v) is 5.42. The SMILES string of the molecule is COc1ccc(C(C)C)cc1CCN(C)CCCN. The van der Waals surface area contributed by atoms with Crippen molar-refractivity contribution in [2.75, 3.05) is 33.8 Å². The van der Waals surface area contributed by atoms with Crippen LogP contribution in [0.1, 0.15) is 37.3 Å². The number of likely N-dealkylation sites (N-methyl/N-ethyl adjacent to an activating group) is 1. The molecule has 108 valence electrons. The van der Waals surface area contributed by atoms with Crippen LogP contribution < -0.4 is 10.5 Å². The molecule has 0 heterocycles. The molecule has 1 rings (SSSR count). The molecule has 0 aromatic heterocycles. The summed E-state index contributed by atoms with van der Waals surface area (Å²) in [5.74, 6) is 1.55. The van der Waals surface area contributed by atoms with Crippen molar-refractivity contribution in [2.45, 2.75) is 32.6 Å². The lowest BCUT2D eigenvalue weighted by molar-refractivity contribution is 0.332. The van der Waals surface area contributed by atoms with Crippen molar-refractivity contribution in [2.24, 2.45) is 5.73 Å². The second-order valence-electron chi connectivity index (χ2n) is 5.42. The highest BCUT2D eigenvalue weighted by atomic mass is 16.5. The molecule has 19 heavy (non-hydrogen) atoms. The van der Waals surface area contributed by atoms with Crippen LogP contribution in [0, 0.1) is 0 Å². The fourth-order valence-electron chi connectivity index (χ4n) is 2.14. The van der Waals surface area contributed by atoms with Gasteiger partial charge >= 0.3 is 0 Å². The summed E-state index contributed by atoms with van der Waals surface area (Å²) in [7, 11) is 3.89. The monoisotopic (exact) mass is 264 g/mol. The Labute approximate surface area is 117 Å². The molecule has 0 amide bonds. The molecular weight excluding hydrogens is 236 g/mol. The topological polar surface area (TPSA) is 38.5 Å². The molecular formula is C16H28N2O. The molecule has 0 unspecified atom stereocenters. The first-order valence-electron chi connectivity index (χ1n) is 7.14. The number of hydrogen-bond donors (Lipinski definition) is 1. The molecule has 1 aromatic rings. The van der Waals surface area contributed by atoms with E-state index in [4.69, 9.17) is 10.5 Å². The molecule has 0 spiro atoms. The lowest BCUT2D eigenvalue weighted by Gasteiger charge is -2.18. The molecule has 0 aliphatic carbocycles. The molecule has 3 nitrogen and oxygen atoms in total. The average Bonchev–Trinajstić information content (AvgIpc) is 2.42. The van der Waals surface area contributed by atoms with E-state index in [2.05, 4.69) is 44.0 Å². The zero-order valence-corrected chi connectivity index (χ0v) is 12.8. The summed E-state index contributed by atoms with van der Waals surface area (Å²) in [6.45, 7) is 7.30. The van der Waals surface area contributed by atoms with E-state index < -0.39 is 0 Å². The van der Waals surface area contributed by atoms with Gasteiger partial charge in [0.2, 0.25) is 0 Å². The Kier molecular flexibility index (Phi) is 6.89.